The van der Waals surface area contributed by atoms with Gasteiger partial charge in [0.05, 0.1) is 10.9 Å². The molecule has 0 atom stereocenters. The maximum atomic E-state index is 12.5. The Morgan fingerprint density at radius 1 is 1.12 bits per heavy atom. The summed E-state index contributed by atoms with van der Waals surface area (Å²) in [6, 6.07) is 18.4. The van der Waals surface area contributed by atoms with Gasteiger partial charge in [-0.3, -0.25) is 9.59 Å². The second-order valence-electron chi connectivity index (χ2n) is 5.68. The molecule has 1 amide bonds. The number of fused-ring (bicyclic) bond motifs is 1. The zero-order valence-electron chi connectivity index (χ0n) is 13.9. The van der Waals surface area contributed by atoms with Crippen LogP contribution >= 0.6 is 0 Å². The van der Waals surface area contributed by atoms with Crippen molar-refractivity contribution in [2.75, 3.05) is 6.54 Å². The highest BCUT2D eigenvalue weighted by Crippen LogP contribution is 2.12. The summed E-state index contributed by atoms with van der Waals surface area (Å²) < 4.78 is 5.40. The number of amides is 1. The first-order chi connectivity index (χ1) is 12.7. The average Bonchev–Trinajstić information content (AvgIpc) is 2.68. The molecule has 0 radical (unpaired) electrons. The van der Waals surface area contributed by atoms with Gasteiger partial charge >= 0.3 is 0 Å². The normalized spacial score (nSPS) is 11.1. The highest BCUT2D eigenvalue weighted by atomic mass is 16.3. The Bertz CT molecular complexity index is 1060. The molecule has 2 aromatic carbocycles. The van der Waals surface area contributed by atoms with Gasteiger partial charge in [0.2, 0.25) is 0 Å². The molecule has 5 heteroatoms. The third kappa shape index (κ3) is 3.87. The van der Waals surface area contributed by atoms with E-state index in [2.05, 4.69) is 5.32 Å². The van der Waals surface area contributed by atoms with Crippen molar-refractivity contribution in [2.45, 2.75) is 6.42 Å². The summed E-state index contributed by atoms with van der Waals surface area (Å²) in [7, 11) is 0. The third-order valence-corrected chi connectivity index (χ3v) is 3.91. The average molecular weight is 344 g/mol. The lowest BCUT2D eigenvalue weighted by atomic mass is 10.1. The first kappa shape index (κ1) is 17.2. The molecule has 128 valence electrons. The fourth-order valence-electron chi connectivity index (χ4n) is 2.56. The van der Waals surface area contributed by atoms with Crippen molar-refractivity contribution in [3.63, 3.8) is 0 Å². The second kappa shape index (κ2) is 7.95. The third-order valence-electron chi connectivity index (χ3n) is 3.91. The van der Waals surface area contributed by atoms with Crippen LogP contribution in [-0.4, -0.2) is 12.5 Å². The minimum absolute atomic E-state index is 0.138. The van der Waals surface area contributed by atoms with Crippen molar-refractivity contribution < 1.29 is 9.21 Å². The fraction of sp³-hybridized carbons (Fsp3) is 0.0952. The summed E-state index contributed by atoms with van der Waals surface area (Å²) in [5, 5.41) is 12.4. The summed E-state index contributed by atoms with van der Waals surface area (Å²) >= 11 is 0. The predicted octanol–water partition coefficient (Wildman–Crippen LogP) is 3.06. The van der Waals surface area contributed by atoms with Crippen molar-refractivity contribution in [3.05, 3.63) is 87.8 Å². The van der Waals surface area contributed by atoms with E-state index in [1.807, 2.05) is 36.4 Å². The van der Waals surface area contributed by atoms with Gasteiger partial charge in [0.15, 0.2) is 5.43 Å². The Hall–Kier alpha value is -3.65. The fourth-order valence-corrected chi connectivity index (χ4v) is 2.56. The molecule has 26 heavy (non-hydrogen) atoms. The van der Waals surface area contributed by atoms with Gasteiger partial charge < -0.3 is 9.73 Å². The van der Waals surface area contributed by atoms with Crippen molar-refractivity contribution in [1.82, 2.24) is 5.32 Å². The van der Waals surface area contributed by atoms with Crippen LogP contribution in [0.5, 0.6) is 0 Å². The molecule has 3 rings (SSSR count). The second-order valence-corrected chi connectivity index (χ2v) is 5.68. The Kier molecular flexibility index (Phi) is 5.25. The lowest BCUT2D eigenvalue weighted by Gasteiger charge is -2.04. The molecule has 0 aliphatic heterocycles. The lowest BCUT2D eigenvalue weighted by Crippen LogP contribution is -2.26. The number of benzene rings is 2. The van der Waals surface area contributed by atoms with E-state index in [-0.39, 0.29) is 16.6 Å². The highest BCUT2D eigenvalue weighted by Gasteiger charge is 2.11. The number of nitrogens with one attached hydrogen (secondary N) is 1. The quantitative estimate of drug-likeness (QED) is 0.569. The molecule has 1 aromatic heterocycles. The van der Waals surface area contributed by atoms with E-state index in [4.69, 9.17) is 4.42 Å². The summed E-state index contributed by atoms with van der Waals surface area (Å²) in [5.74, 6) is -0.518. The molecule has 1 N–H and O–H groups in total. The SMILES string of the molecule is N#CC(=Cc1coc2ccccc2c1=O)C(=O)NCCc1ccccc1. The van der Waals surface area contributed by atoms with Gasteiger partial charge in [-0.15, -0.1) is 0 Å². The highest BCUT2D eigenvalue weighted by molar-refractivity contribution is 6.01. The van der Waals surface area contributed by atoms with Crippen LogP contribution in [0.1, 0.15) is 11.1 Å². The lowest BCUT2D eigenvalue weighted by molar-refractivity contribution is -0.117. The van der Waals surface area contributed by atoms with Crippen LogP contribution in [0, 0.1) is 11.3 Å². The number of nitriles is 1. The molecule has 5 nitrogen and oxygen atoms in total. The smallest absolute Gasteiger partial charge is 0.261 e. The summed E-state index contributed by atoms with van der Waals surface area (Å²) in [5.41, 5.74) is 1.29. The number of nitrogens with zero attached hydrogens (tertiary/aromatic N) is 1. The van der Waals surface area contributed by atoms with E-state index in [1.54, 1.807) is 24.3 Å². The molecule has 0 unspecified atom stereocenters. The molecule has 0 spiro atoms. The van der Waals surface area contributed by atoms with Crippen molar-refractivity contribution in [3.8, 4) is 6.07 Å². The van der Waals surface area contributed by atoms with Crippen molar-refractivity contribution in [2.24, 2.45) is 0 Å². The molecule has 0 fully saturated rings. The number of para-hydroxylation sites is 1. The molecule has 0 saturated carbocycles. The van der Waals surface area contributed by atoms with E-state index in [1.165, 1.54) is 12.3 Å². The topological polar surface area (TPSA) is 83.1 Å². The zero-order chi connectivity index (χ0) is 18.4. The summed E-state index contributed by atoms with van der Waals surface area (Å²) in [6.07, 6.45) is 3.18. The first-order valence-corrected chi connectivity index (χ1v) is 8.13. The molecule has 0 aliphatic carbocycles. The van der Waals surface area contributed by atoms with Gasteiger partial charge in [-0.1, -0.05) is 42.5 Å². The first-order valence-electron chi connectivity index (χ1n) is 8.13. The van der Waals surface area contributed by atoms with E-state index in [9.17, 15) is 14.9 Å². The number of carbonyl (C=O) groups excluding carboxylic acids is 1. The van der Waals surface area contributed by atoms with Gasteiger partial charge in [-0.05, 0) is 30.2 Å². The van der Waals surface area contributed by atoms with Crippen LogP contribution in [0.4, 0.5) is 0 Å². The van der Waals surface area contributed by atoms with E-state index in [0.717, 1.165) is 5.56 Å². The molecular formula is C21H16N2O3. The van der Waals surface area contributed by atoms with Gasteiger partial charge in [-0.2, -0.15) is 5.26 Å². The van der Waals surface area contributed by atoms with E-state index in [0.29, 0.717) is 23.9 Å². The summed E-state index contributed by atoms with van der Waals surface area (Å²) in [4.78, 5) is 24.7. The molecule has 1 heterocycles. The van der Waals surface area contributed by atoms with Crippen LogP contribution in [-0.2, 0) is 11.2 Å². The number of rotatable bonds is 5. The van der Waals surface area contributed by atoms with Gasteiger partial charge in [0.25, 0.3) is 5.91 Å². The largest absolute Gasteiger partial charge is 0.463 e. The van der Waals surface area contributed by atoms with Gasteiger partial charge in [0.1, 0.15) is 23.5 Å². The van der Waals surface area contributed by atoms with Crippen LogP contribution in [0.2, 0.25) is 0 Å². The minimum Gasteiger partial charge on any atom is -0.463 e. The number of hydrogen-bond donors (Lipinski definition) is 1. The molecule has 0 aliphatic rings. The van der Waals surface area contributed by atoms with Crippen LogP contribution in [0.3, 0.4) is 0 Å². The molecule has 3 aromatic rings. The van der Waals surface area contributed by atoms with Crippen LogP contribution in [0.15, 0.2) is 75.6 Å². The molecule has 0 bridgehead atoms. The van der Waals surface area contributed by atoms with Crippen LogP contribution < -0.4 is 10.7 Å². The van der Waals surface area contributed by atoms with Crippen molar-refractivity contribution >= 4 is 23.0 Å². The van der Waals surface area contributed by atoms with Gasteiger partial charge in [-0.25, -0.2) is 0 Å². The number of carbonyl (C=O) groups is 1. The monoisotopic (exact) mass is 344 g/mol. The van der Waals surface area contributed by atoms with Crippen molar-refractivity contribution in [1.29, 1.82) is 5.26 Å². The zero-order valence-corrected chi connectivity index (χ0v) is 13.9. The Morgan fingerprint density at radius 3 is 2.62 bits per heavy atom. The maximum absolute atomic E-state index is 12.5. The number of hydrogen-bond acceptors (Lipinski definition) is 4. The predicted molar refractivity (Wildman–Crippen MR) is 99.2 cm³/mol. The Balaban J connectivity index is 1.75. The van der Waals surface area contributed by atoms with E-state index < -0.39 is 5.91 Å². The van der Waals surface area contributed by atoms with Gasteiger partial charge in [0, 0.05) is 6.54 Å². The Labute approximate surface area is 150 Å². The maximum Gasteiger partial charge on any atom is 0.261 e. The molecular weight excluding hydrogens is 328 g/mol. The molecule has 0 saturated heterocycles. The van der Waals surface area contributed by atoms with E-state index >= 15 is 0 Å². The standard InChI is InChI=1S/C21H16N2O3/c22-13-16(21(25)23-11-10-15-6-2-1-3-7-15)12-17-14-26-19-9-5-4-8-18(19)20(17)24/h1-9,12,14H,10-11H2,(H,23,25). The Morgan fingerprint density at radius 2 is 1.85 bits per heavy atom. The summed E-state index contributed by atoms with van der Waals surface area (Å²) in [6.45, 7) is 0.397. The minimum atomic E-state index is -0.518. The van der Waals surface area contributed by atoms with Crippen LogP contribution in [0.25, 0.3) is 17.0 Å².